The van der Waals surface area contributed by atoms with E-state index in [-0.39, 0.29) is 29.0 Å². The maximum Gasteiger partial charge on any atom is 0.335 e. The summed E-state index contributed by atoms with van der Waals surface area (Å²) >= 11 is 0. The molecule has 3 rings (SSSR count). The summed E-state index contributed by atoms with van der Waals surface area (Å²) in [5.74, 6) is -1.36. The predicted molar refractivity (Wildman–Crippen MR) is 95.9 cm³/mol. The number of carboxylic acid groups (broad SMARTS) is 1. The molecule has 2 N–H and O–H groups in total. The lowest BCUT2D eigenvalue weighted by Crippen LogP contribution is -2.38. The Balaban J connectivity index is 1.80. The van der Waals surface area contributed by atoms with Crippen LogP contribution in [0.5, 0.6) is 0 Å². The molecule has 2 aromatic carbocycles. The van der Waals surface area contributed by atoms with E-state index in [0.717, 1.165) is 12.0 Å². The van der Waals surface area contributed by atoms with E-state index in [1.807, 2.05) is 30.3 Å². The first-order valence-corrected chi connectivity index (χ1v) is 8.51. The fourth-order valence-corrected chi connectivity index (χ4v) is 3.07. The van der Waals surface area contributed by atoms with Crippen molar-refractivity contribution in [3.05, 3.63) is 71.3 Å². The van der Waals surface area contributed by atoms with Crippen molar-refractivity contribution in [1.29, 1.82) is 0 Å². The highest BCUT2D eigenvalue weighted by Gasteiger charge is 2.25. The molecule has 1 atom stereocenters. The smallest absolute Gasteiger partial charge is 0.335 e. The van der Waals surface area contributed by atoms with Gasteiger partial charge in [0.05, 0.1) is 11.6 Å². The van der Waals surface area contributed by atoms with E-state index in [1.54, 1.807) is 17.0 Å². The molecular formula is C20H20N2O4. The minimum Gasteiger partial charge on any atom is -0.478 e. The first-order chi connectivity index (χ1) is 12.5. The number of carboxylic acids is 1. The number of amides is 2. The fraction of sp³-hybridized carbons (Fsp3) is 0.250. The Morgan fingerprint density at radius 2 is 1.81 bits per heavy atom. The minimum atomic E-state index is -1.08. The summed E-state index contributed by atoms with van der Waals surface area (Å²) in [5, 5.41) is 12.0. The number of benzene rings is 2. The van der Waals surface area contributed by atoms with Crippen molar-refractivity contribution in [3.63, 3.8) is 0 Å². The molecule has 0 saturated carbocycles. The van der Waals surface area contributed by atoms with Crippen molar-refractivity contribution in [1.82, 2.24) is 10.2 Å². The maximum atomic E-state index is 12.7. The van der Waals surface area contributed by atoms with Crippen molar-refractivity contribution in [2.45, 2.75) is 18.9 Å². The molecule has 1 aliphatic rings. The van der Waals surface area contributed by atoms with E-state index < -0.39 is 5.97 Å². The molecule has 2 aromatic rings. The molecule has 134 valence electrons. The standard InChI is InChI=1S/C20H20N2O4/c23-18-10-5-11-22(18)13-17(14-6-2-1-3-7-14)21-19(24)15-8-4-9-16(12-15)20(25)26/h1-4,6-9,12,17H,5,10-11,13H2,(H,21,24)(H,25,26). The minimum absolute atomic E-state index is 0.0589. The van der Waals surface area contributed by atoms with Gasteiger partial charge in [-0.05, 0) is 30.2 Å². The third kappa shape index (κ3) is 4.08. The molecular weight excluding hydrogens is 332 g/mol. The van der Waals surface area contributed by atoms with Gasteiger partial charge in [-0.1, -0.05) is 36.4 Å². The van der Waals surface area contributed by atoms with E-state index in [0.29, 0.717) is 19.5 Å². The second kappa shape index (κ2) is 7.82. The number of hydrogen-bond donors (Lipinski definition) is 2. The Morgan fingerprint density at radius 3 is 2.46 bits per heavy atom. The van der Waals surface area contributed by atoms with Crippen molar-refractivity contribution in [2.24, 2.45) is 0 Å². The average Bonchev–Trinajstić information content (AvgIpc) is 3.06. The van der Waals surface area contributed by atoms with E-state index >= 15 is 0 Å². The second-order valence-corrected chi connectivity index (χ2v) is 6.27. The lowest BCUT2D eigenvalue weighted by molar-refractivity contribution is -0.128. The van der Waals surface area contributed by atoms with Gasteiger partial charge < -0.3 is 15.3 Å². The summed E-state index contributed by atoms with van der Waals surface area (Å²) in [4.78, 5) is 37.5. The van der Waals surface area contributed by atoms with Crippen LogP contribution in [0.25, 0.3) is 0 Å². The Labute approximate surface area is 151 Å². The fourth-order valence-electron chi connectivity index (χ4n) is 3.07. The summed E-state index contributed by atoms with van der Waals surface area (Å²) in [5.41, 5.74) is 1.23. The molecule has 1 aliphatic heterocycles. The zero-order valence-corrected chi connectivity index (χ0v) is 14.2. The summed E-state index contributed by atoms with van der Waals surface area (Å²) in [7, 11) is 0. The Kier molecular flexibility index (Phi) is 5.31. The molecule has 0 bridgehead atoms. The number of nitrogens with one attached hydrogen (secondary N) is 1. The highest BCUT2D eigenvalue weighted by molar-refractivity contribution is 5.97. The highest BCUT2D eigenvalue weighted by Crippen LogP contribution is 2.19. The van der Waals surface area contributed by atoms with Crippen molar-refractivity contribution in [2.75, 3.05) is 13.1 Å². The van der Waals surface area contributed by atoms with Crippen molar-refractivity contribution in [3.8, 4) is 0 Å². The molecule has 1 heterocycles. The highest BCUT2D eigenvalue weighted by atomic mass is 16.4. The molecule has 1 saturated heterocycles. The van der Waals surface area contributed by atoms with Crippen LogP contribution in [0.15, 0.2) is 54.6 Å². The van der Waals surface area contributed by atoms with Gasteiger partial charge in [0.2, 0.25) is 5.91 Å². The normalized spacial score (nSPS) is 14.9. The van der Waals surface area contributed by atoms with Gasteiger partial charge in [-0.2, -0.15) is 0 Å². The molecule has 2 amide bonds. The van der Waals surface area contributed by atoms with E-state index in [4.69, 9.17) is 5.11 Å². The third-order valence-corrected chi connectivity index (χ3v) is 4.45. The van der Waals surface area contributed by atoms with Crippen LogP contribution in [0, 0.1) is 0 Å². The van der Waals surface area contributed by atoms with Gasteiger partial charge in [0.15, 0.2) is 0 Å². The summed E-state index contributed by atoms with van der Waals surface area (Å²) in [6, 6.07) is 15.0. The number of rotatable bonds is 6. The lowest BCUT2D eigenvalue weighted by Gasteiger charge is -2.25. The number of likely N-dealkylation sites (tertiary alicyclic amines) is 1. The molecule has 26 heavy (non-hydrogen) atoms. The van der Waals surface area contributed by atoms with Crippen LogP contribution in [0.4, 0.5) is 0 Å². The van der Waals surface area contributed by atoms with Gasteiger partial charge >= 0.3 is 5.97 Å². The van der Waals surface area contributed by atoms with E-state index in [2.05, 4.69) is 5.32 Å². The topological polar surface area (TPSA) is 86.7 Å². The van der Waals surface area contributed by atoms with Crippen LogP contribution in [-0.4, -0.2) is 40.9 Å². The van der Waals surface area contributed by atoms with Gasteiger partial charge in [-0.25, -0.2) is 4.79 Å². The first-order valence-electron chi connectivity index (χ1n) is 8.51. The van der Waals surface area contributed by atoms with Crippen molar-refractivity contribution >= 4 is 17.8 Å². The first kappa shape index (κ1) is 17.7. The third-order valence-electron chi connectivity index (χ3n) is 4.45. The average molecular weight is 352 g/mol. The van der Waals surface area contributed by atoms with Crippen LogP contribution in [0.1, 0.15) is 45.2 Å². The number of hydrogen-bond acceptors (Lipinski definition) is 3. The zero-order valence-electron chi connectivity index (χ0n) is 14.2. The molecule has 1 fully saturated rings. The Hall–Kier alpha value is -3.15. The van der Waals surface area contributed by atoms with E-state index in [9.17, 15) is 14.4 Å². The lowest BCUT2D eigenvalue weighted by atomic mass is 10.0. The number of carbonyl (C=O) groups excluding carboxylic acids is 2. The van der Waals surface area contributed by atoms with Crippen LogP contribution < -0.4 is 5.32 Å². The number of nitrogens with zero attached hydrogens (tertiary/aromatic N) is 1. The van der Waals surface area contributed by atoms with Crippen LogP contribution >= 0.6 is 0 Å². The van der Waals surface area contributed by atoms with Gasteiger partial charge in [-0.15, -0.1) is 0 Å². The molecule has 6 heteroatoms. The molecule has 0 spiro atoms. The summed E-state index contributed by atoms with van der Waals surface area (Å²) < 4.78 is 0. The maximum absolute atomic E-state index is 12.7. The summed E-state index contributed by atoms with van der Waals surface area (Å²) in [6.07, 6.45) is 1.37. The van der Waals surface area contributed by atoms with Crippen molar-refractivity contribution < 1.29 is 19.5 Å². The molecule has 0 aliphatic carbocycles. The Bertz CT molecular complexity index is 820. The van der Waals surface area contributed by atoms with Gasteiger partial charge in [-0.3, -0.25) is 9.59 Å². The van der Waals surface area contributed by atoms with Gasteiger partial charge in [0, 0.05) is 25.1 Å². The summed E-state index contributed by atoms with van der Waals surface area (Å²) in [6.45, 7) is 1.08. The number of aromatic carboxylic acids is 1. The largest absolute Gasteiger partial charge is 0.478 e. The van der Waals surface area contributed by atoms with Crippen LogP contribution in [0.3, 0.4) is 0 Å². The van der Waals surface area contributed by atoms with E-state index in [1.165, 1.54) is 12.1 Å². The molecule has 0 radical (unpaired) electrons. The number of carbonyl (C=O) groups is 3. The predicted octanol–water partition coefficient (Wildman–Crippen LogP) is 2.48. The quantitative estimate of drug-likeness (QED) is 0.836. The van der Waals surface area contributed by atoms with Crippen LogP contribution in [-0.2, 0) is 4.79 Å². The van der Waals surface area contributed by atoms with Crippen LogP contribution in [0.2, 0.25) is 0 Å². The second-order valence-electron chi connectivity index (χ2n) is 6.27. The molecule has 6 nitrogen and oxygen atoms in total. The Morgan fingerprint density at radius 1 is 1.08 bits per heavy atom. The van der Waals surface area contributed by atoms with Gasteiger partial charge in [0.1, 0.15) is 0 Å². The monoisotopic (exact) mass is 352 g/mol. The molecule has 0 aromatic heterocycles. The molecule has 1 unspecified atom stereocenters. The van der Waals surface area contributed by atoms with Gasteiger partial charge in [0.25, 0.3) is 5.91 Å². The SMILES string of the molecule is O=C(O)c1cccc(C(=O)NC(CN2CCCC2=O)c2ccccc2)c1. The zero-order chi connectivity index (χ0) is 18.5.